The molecule has 0 aromatic carbocycles. The SMILES string of the molecule is CN1CCCC(C#N)(COC(C)(C)C)C1. The number of ether oxygens (including phenoxy) is 1. The monoisotopic (exact) mass is 210 g/mol. The maximum absolute atomic E-state index is 9.30. The average Bonchev–Trinajstić information content (AvgIpc) is 2.14. The van der Waals surface area contributed by atoms with Crippen LogP contribution in [0.15, 0.2) is 0 Å². The van der Waals surface area contributed by atoms with E-state index in [9.17, 15) is 5.26 Å². The second-order valence-corrected chi connectivity index (χ2v) is 5.63. The summed E-state index contributed by atoms with van der Waals surface area (Å²) in [7, 11) is 2.07. The van der Waals surface area contributed by atoms with E-state index in [-0.39, 0.29) is 11.0 Å². The summed E-state index contributed by atoms with van der Waals surface area (Å²) in [5, 5.41) is 9.30. The first-order chi connectivity index (χ1) is 6.87. The Hall–Kier alpha value is -0.590. The van der Waals surface area contributed by atoms with Gasteiger partial charge in [-0.3, -0.25) is 0 Å². The molecule has 1 fully saturated rings. The lowest BCUT2D eigenvalue weighted by molar-refractivity contribution is -0.0527. The standard InChI is InChI=1S/C12H22N2O/c1-11(2,3)15-10-12(8-13)6-5-7-14(4)9-12/h5-7,9-10H2,1-4H3. The number of hydrogen-bond donors (Lipinski definition) is 0. The third kappa shape index (κ3) is 3.81. The third-order valence-corrected chi connectivity index (χ3v) is 2.79. The van der Waals surface area contributed by atoms with Gasteiger partial charge in [-0.2, -0.15) is 5.26 Å². The fourth-order valence-electron chi connectivity index (χ4n) is 1.96. The molecule has 15 heavy (non-hydrogen) atoms. The minimum atomic E-state index is -0.291. The smallest absolute Gasteiger partial charge is 0.0933 e. The van der Waals surface area contributed by atoms with E-state index in [1.165, 1.54) is 0 Å². The van der Waals surface area contributed by atoms with E-state index < -0.39 is 0 Å². The molecule has 0 saturated carbocycles. The van der Waals surface area contributed by atoms with Gasteiger partial charge in [-0.1, -0.05) is 0 Å². The molecule has 0 amide bonds. The molecule has 1 unspecified atom stereocenters. The normalized spacial score (nSPS) is 28.7. The van der Waals surface area contributed by atoms with Gasteiger partial charge in [0.1, 0.15) is 0 Å². The number of nitrogens with zero attached hydrogens (tertiary/aromatic N) is 2. The molecular formula is C12H22N2O. The number of rotatable bonds is 2. The second-order valence-electron chi connectivity index (χ2n) is 5.63. The quantitative estimate of drug-likeness (QED) is 0.699. The molecule has 86 valence electrons. The summed E-state index contributed by atoms with van der Waals surface area (Å²) in [6.45, 7) is 8.58. The maximum atomic E-state index is 9.30. The molecule has 0 aromatic rings. The molecule has 3 nitrogen and oxygen atoms in total. The lowest BCUT2D eigenvalue weighted by Crippen LogP contribution is -2.44. The first-order valence-electron chi connectivity index (χ1n) is 5.61. The molecule has 1 aliphatic heterocycles. The molecule has 1 aliphatic rings. The van der Waals surface area contributed by atoms with Crippen LogP contribution in [-0.2, 0) is 4.74 Å². The van der Waals surface area contributed by atoms with Gasteiger partial charge in [0.15, 0.2) is 0 Å². The van der Waals surface area contributed by atoms with E-state index in [1.807, 2.05) is 20.8 Å². The molecule has 0 aromatic heterocycles. The fourth-order valence-corrected chi connectivity index (χ4v) is 1.96. The van der Waals surface area contributed by atoms with Crippen molar-refractivity contribution in [3.63, 3.8) is 0 Å². The van der Waals surface area contributed by atoms with Gasteiger partial charge >= 0.3 is 0 Å². The van der Waals surface area contributed by atoms with Gasteiger partial charge in [-0.15, -0.1) is 0 Å². The van der Waals surface area contributed by atoms with Crippen LogP contribution < -0.4 is 0 Å². The van der Waals surface area contributed by atoms with Crippen molar-refractivity contribution < 1.29 is 4.74 Å². The van der Waals surface area contributed by atoms with Crippen molar-refractivity contribution in [1.29, 1.82) is 5.26 Å². The van der Waals surface area contributed by atoms with Gasteiger partial charge in [0.2, 0.25) is 0 Å². The molecule has 3 heteroatoms. The van der Waals surface area contributed by atoms with E-state index in [2.05, 4.69) is 18.0 Å². The van der Waals surface area contributed by atoms with Crippen molar-refractivity contribution in [3.8, 4) is 6.07 Å². The molecule has 0 N–H and O–H groups in total. The average molecular weight is 210 g/mol. The van der Waals surface area contributed by atoms with E-state index in [1.54, 1.807) is 0 Å². The van der Waals surface area contributed by atoms with Crippen molar-refractivity contribution in [3.05, 3.63) is 0 Å². The Morgan fingerprint density at radius 2 is 2.13 bits per heavy atom. The Kier molecular flexibility index (Phi) is 3.75. The van der Waals surface area contributed by atoms with E-state index in [0.29, 0.717) is 6.61 Å². The fraction of sp³-hybridized carbons (Fsp3) is 0.917. The van der Waals surface area contributed by atoms with Gasteiger partial charge in [-0.05, 0) is 47.2 Å². The highest BCUT2D eigenvalue weighted by molar-refractivity contribution is 5.03. The first kappa shape index (κ1) is 12.5. The van der Waals surface area contributed by atoms with Crippen LogP contribution in [-0.4, -0.2) is 37.2 Å². The van der Waals surface area contributed by atoms with Crippen LogP contribution in [0.5, 0.6) is 0 Å². The van der Waals surface area contributed by atoms with Crippen molar-refractivity contribution in [2.75, 3.05) is 26.7 Å². The molecule has 1 rings (SSSR count). The summed E-state index contributed by atoms with van der Waals surface area (Å²) in [4.78, 5) is 2.22. The van der Waals surface area contributed by atoms with E-state index in [0.717, 1.165) is 25.9 Å². The summed E-state index contributed by atoms with van der Waals surface area (Å²) < 4.78 is 5.76. The highest BCUT2D eigenvalue weighted by atomic mass is 16.5. The van der Waals surface area contributed by atoms with Crippen LogP contribution in [0.1, 0.15) is 33.6 Å². The van der Waals surface area contributed by atoms with Crippen LogP contribution in [0.25, 0.3) is 0 Å². The third-order valence-electron chi connectivity index (χ3n) is 2.79. The zero-order chi connectivity index (χ0) is 11.5. The Labute approximate surface area is 93.0 Å². The number of hydrogen-bond acceptors (Lipinski definition) is 3. The highest BCUT2D eigenvalue weighted by Crippen LogP contribution is 2.30. The summed E-state index contributed by atoms with van der Waals surface area (Å²) in [5.74, 6) is 0. The minimum absolute atomic E-state index is 0.153. The van der Waals surface area contributed by atoms with Gasteiger partial charge in [-0.25, -0.2) is 0 Å². The predicted octanol–water partition coefficient (Wildman–Crippen LogP) is 2.04. The molecule has 0 spiro atoms. The topological polar surface area (TPSA) is 36.3 Å². The number of piperidine rings is 1. The summed E-state index contributed by atoms with van der Waals surface area (Å²) in [6.07, 6.45) is 2.06. The molecule has 1 atom stereocenters. The van der Waals surface area contributed by atoms with Crippen LogP contribution in [0.3, 0.4) is 0 Å². The number of likely N-dealkylation sites (tertiary alicyclic amines) is 1. The molecule has 0 aliphatic carbocycles. The zero-order valence-electron chi connectivity index (χ0n) is 10.3. The second kappa shape index (κ2) is 4.51. The van der Waals surface area contributed by atoms with E-state index in [4.69, 9.17) is 4.74 Å². The number of nitriles is 1. The van der Waals surface area contributed by atoms with Crippen LogP contribution >= 0.6 is 0 Å². The van der Waals surface area contributed by atoms with Gasteiger partial charge in [0.05, 0.1) is 23.7 Å². The largest absolute Gasteiger partial charge is 0.374 e. The van der Waals surface area contributed by atoms with Gasteiger partial charge < -0.3 is 9.64 Å². The van der Waals surface area contributed by atoms with Crippen LogP contribution in [0.2, 0.25) is 0 Å². The maximum Gasteiger partial charge on any atom is 0.0933 e. The first-order valence-corrected chi connectivity index (χ1v) is 5.61. The Bertz CT molecular complexity index is 251. The summed E-state index contributed by atoms with van der Waals surface area (Å²) in [6, 6.07) is 2.45. The van der Waals surface area contributed by atoms with Crippen LogP contribution in [0, 0.1) is 16.7 Å². The molecule has 0 radical (unpaired) electrons. The summed E-state index contributed by atoms with van der Waals surface area (Å²) in [5.41, 5.74) is -0.444. The minimum Gasteiger partial charge on any atom is -0.374 e. The highest BCUT2D eigenvalue weighted by Gasteiger charge is 2.35. The van der Waals surface area contributed by atoms with Crippen molar-refractivity contribution in [2.45, 2.75) is 39.2 Å². The van der Waals surface area contributed by atoms with Gasteiger partial charge in [0, 0.05) is 6.54 Å². The van der Waals surface area contributed by atoms with E-state index >= 15 is 0 Å². The Morgan fingerprint density at radius 3 is 2.60 bits per heavy atom. The van der Waals surface area contributed by atoms with Crippen molar-refractivity contribution >= 4 is 0 Å². The lowest BCUT2D eigenvalue weighted by Gasteiger charge is -2.37. The van der Waals surface area contributed by atoms with Crippen molar-refractivity contribution in [2.24, 2.45) is 5.41 Å². The van der Waals surface area contributed by atoms with Crippen molar-refractivity contribution in [1.82, 2.24) is 4.90 Å². The van der Waals surface area contributed by atoms with Crippen LogP contribution in [0.4, 0.5) is 0 Å². The van der Waals surface area contributed by atoms with Gasteiger partial charge in [0.25, 0.3) is 0 Å². The molecule has 0 bridgehead atoms. The molecule has 1 saturated heterocycles. The zero-order valence-corrected chi connectivity index (χ0v) is 10.3. The Morgan fingerprint density at radius 1 is 1.47 bits per heavy atom. The molecule has 1 heterocycles. The Balaban J connectivity index is 2.57. The molecular weight excluding hydrogens is 188 g/mol. The lowest BCUT2D eigenvalue weighted by atomic mass is 9.82. The summed E-state index contributed by atoms with van der Waals surface area (Å²) >= 11 is 0. The predicted molar refractivity (Wildman–Crippen MR) is 60.5 cm³/mol.